The third-order valence-electron chi connectivity index (χ3n) is 1.98. The summed E-state index contributed by atoms with van der Waals surface area (Å²) in [6, 6.07) is 0.0925. The maximum absolute atomic E-state index is 5.91. The van der Waals surface area contributed by atoms with Gasteiger partial charge in [0, 0.05) is 6.42 Å². The van der Waals surface area contributed by atoms with Crippen LogP contribution in [0.15, 0.2) is 11.8 Å². The molecular weight excluding hydrogens is 152 g/mol. The predicted octanol–water partition coefficient (Wildman–Crippen LogP) is 0.570. The Kier molecular flexibility index (Phi) is 3.56. The van der Waals surface area contributed by atoms with Crippen molar-refractivity contribution < 1.29 is 4.74 Å². The van der Waals surface area contributed by atoms with Crippen LogP contribution in [0.2, 0.25) is 0 Å². The summed E-state index contributed by atoms with van der Waals surface area (Å²) < 4.78 is 5.36. The lowest BCUT2D eigenvalue weighted by Crippen LogP contribution is -2.28. The van der Waals surface area contributed by atoms with Gasteiger partial charge in [0.05, 0.1) is 12.6 Å². The van der Waals surface area contributed by atoms with Gasteiger partial charge in [-0.25, -0.2) is 0 Å². The molecule has 0 amide bonds. The average Bonchev–Trinajstić information content (AvgIpc) is 2.51. The van der Waals surface area contributed by atoms with Crippen molar-refractivity contribution in [3.63, 3.8) is 0 Å². The van der Waals surface area contributed by atoms with Crippen LogP contribution in [0, 0.1) is 0 Å². The number of hydrogen-bond acceptors (Lipinski definition) is 3. The van der Waals surface area contributed by atoms with E-state index in [4.69, 9.17) is 10.5 Å². The first-order valence-electron chi connectivity index (χ1n) is 4.43. The third kappa shape index (κ3) is 2.83. The first kappa shape index (κ1) is 9.55. The highest BCUT2D eigenvalue weighted by Crippen LogP contribution is 2.13. The van der Waals surface area contributed by atoms with Gasteiger partial charge in [0.2, 0.25) is 0 Å². The molecule has 1 aliphatic heterocycles. The molecule has 0 bridgehead atoms. The molecule has 1 aliphatic rings. The highest BCUT2D eigenvalue weighted by molar-refractivity contribution is 5.05. The molecule has 0 aromatic heterocycles. The molecule has 0 aromatic rings. The molecule has 2 N–H and O–H groups in total. The maximum atomic E-state index is 5.91. The minimum absolute atomic E-state index is 0.0925. The van der Waals surface area contributed by atoms with Crippen LogP contribution >= 0.6 is 0 Å². The summed E-state index contributed by atoms with van der Waals surface area (Å²) in [5, 5.41) is 0. The van der Waals surface area contributed by atoms with Gasteiger partial charge in [-0.15, -0.1) is 0 Å². The largest absolute Gasteiger partial charge is 0.496 e. The van der Waals surface area contributed by atoms with Crippen LogP contribution in [-0.4, -0.2) is 38.2 Å². The van der Waals surface area contributed by atoms with E-state index in [1.54, 1.807) is 0 Å². The molecule has 1 unspecified atom stereocenters. The fourth-order valence-corrected chi connectivity index (χ4v) is 1.23. The van der Waals surface area contributed by atoms with E-state index in [0.29, 0.717) is 0 Å². The number of nitrogens with zero attached hydrogens (tertiary/aromatic N) is 1. The van der Waals surface area contributed by atoms with Crippen molar-refractivity contribution in [1.29, 1.82) is 0 Å². The Labute approximate surface area is 74.2 Å². The summed E-state index contributed by atoms with van der Waals surface area (Å²) in [5.41, 5.74) is 5.91. The molecule has 0 fully saturated rings. The van der Waals surface area contributed by atoms with Crippen molar-refractivity contribution in [2.24, 2.45) is 5.73 Å². The van der Waals surface area contributed by atoms with Gasteiger partial charge in [-0.1, -0.05) is 0 Å². The summed E-state index contributed by atoms with van der Waals surface area (Å²) >= 11 is 0. The molecule has 12 heavy (non-hydrogen) atoms. The van der Waals surface area contributed by atoms with Gasteiger partial charge in [0.15, 0.2) is 0 Å². The topological polar surface area (TPSA) is 38.5 Å². The standard InChI is InChI=1S/C9H18N2O/c1-11(2)6-5-8(10)9-4-3-7-12-9/h4,8H,3,5-7,10H2,1-2H3. The molecule has 0 aromatic carbocycles. The fourth-order valence-electron chi connectivity index (χ4n) is 1.23. The Bertz CT molecular complexity index is 166. The lowest BCUT2D eigenvalue weighted by molar-refractivity contribution is 0.218. The average molecular weight is 170 g/mol. The van der Waals surface area contributed by atoms with Crippen LogP contribution in [0.5, 0.6) is 0 Å². The minimum atomic E-state index is 0.0925. The van der Waals surface area contributed by atoms with E-state index in [9.17, 15) is 0 Å². The zero-order chi connectivity index (χ0) is 8.97. The van der Waals surface area contributed by atoms with Gasteiger partial charge in [-0.2, -0.15) is 0 Å². The third-order valence-corrected chi connectivity index (χ3v) is 1.98. The summed E-state index contributed by atoms with van der Waals surface area (Å²) in [6.45, 7) is 1.83. The maximum Gasteiger partial charge on any atom is 0.109 e. The molecule has 3 nitrogen and oxygen atoms in total. The molecule has 0 saturated carbocycles. The molecule has 0 spiro atoms. The van der Waals surface area contributed by atoms with E-state index in [1.165, 1.54) is 0 Å². The van der Waals surface area contributed by atoms with Crippen molar-refractivity contribution in [1.82, 2.24) is 4.90 Å². The Hall–Kier alpha value is -0.540. The van der Waals surface area contributed by atoms with Gasteiger partial charge in [-0.3, -0.25) is 0 Å². The fraction of sp³-hybridized carbons (Fsp3) is 0.778. The monoisotopic (exact) mass is 170 g/mol. The summed E-state index contributed by atoms with van der Waals surface area (Å²) in [7, 11) is 4.10. The van der Waals surface area contributed by atoms with E-state index in [-0.39, 0.29) is 6.04 Å². The molecular formula is C9H18N2O. The highest BCUT2D eigenvalue weighted by Gasteiger charge is 2.13. The molecule has 3 heteroatoms. The lowest BCUT2D eigenvalue weighted by atomic mass is 10.1. The molecule has 0 radical (unpaired) electrons. The molecule has 1 heterocycles. The molecule has 0 saturated heterocycles. The van der Waals surface area contributed by atoms with E-state index in [1.807, 2.05) is 0 Å². The van der Waals surface area contributed by atoms with Crippen molar-refractivity contribution >= 4 is 0 Å². The Balaban J connectivity index is 2.23. The lowest BCUT2D eigenvalue weighted by Gasteiger charge is -2.15. The van der Waals surface area contributed by atoms with Gasteiger partial charge < -0.3 is 15.4 Å². The predicted molar refractivity (Wildman–Crippen MR) is 49.8 cm³/mol. The molecule has 0 aliphatic carbocycles. The van der Waals surface area contributed by atoms with E-state index in [0.717, 1.165) is 31.8 Å². The summed E-state index contributed by atoms with van der Waals surface area (Å²) in [5.74, 6) is 0.983. The smallest absolute Gasteiger partial charge is 0.109 e. The van der Waals surface area contributed by atoms with E-state index < -0.39 is 0 Å². The van der Waals surface area contributed by atoms with E-state index in [2.05, 4.69) is 25.1 Å². The number of rotatable bonds is 4. The van der Waals surface area contributed by atoms with Crippen LogP contribution in [0.3, 0.4) is 0 Å². The van der Waals surface area contributed by atoms with Crippen molar-refractivity contribution in [3.8, 4) is 0 Å². The number of nitrogens with two attached hydrogens (primary N) is 1. The first-order valence-corrected chi connectivity index (χ1v) is 4.43. The second kappa shape index (κ2) is 4.48. The first-order chi connectivity index (χ1) is 5.70. The second-order valence-electron chi connectivity index (χ2n) is 3.44. The Morgan fingerprint density at radius 1 is 1.67 bits per heavy atom. The van der Waals surface area contributed by atoms with Crippen LogP contribution in [0.25, 0.3) is 0 Å². The normalized spacial score (nSPS) is 19.2. The number of hydrogen-bond donors (Lipinski definition) is 1. The summed E-state index contributed by atoms with van der Waals surface area (Å²) in [6.07, 6.45) is 4.09. The van der Waals surface area contributed by atoms with Crippen LogP contribution in [-0.2, 0) is 4.74 Å². The van der Waals surface area contributed by atoms with Crippen LogP contribution < -0.4 is 5.73 Å². The Morgan fingerprint density at radius 3 is 2.92 bits per heavy atom. The van der Waals surface area contributed by atoms with Crippen molar-refractivity contribution in [2.75, 3.05) is 27.2 Å². The zero-order valence-electron chi connectivity index (χ0n) is 7.92. The quantitative estimate of drug-likeness (QED) is 0.670. The second-order valence-corrected chi connectivity index (χ2v) is 3.44. The van der Waals surface area contributed by atoms with Crippen molar-refractivity contribution in [2.45, 2.75) is 18.9 Å². The van der Waals surface area contributed by atoms with Crippen LogP contribution in [0.4, 0.5) is 0 Å². The number of ether oxygens (including phenoxy) is 1. The SMILES string of the molecule is CN(C)CCC(N)C1=CCCO1. The van der Waals surface area contributed by atoms with Gasteiger partial charge in [0.25, 0.3) is 0 Å². The molecule has 1 rings (SSSR count). The summed E-state index contributed by atoms with van der Waals surface area (Å²) in [4.78, 5) is 2.13. The highest BCUT2D eigenvalue weighted by atomic mass is 16.5. The van der Waals surface area contributed by atoms with Crippen LogP contribution in [0.1, 0.15) is 12.8 Å². The van der Waals surface area contributed by atoms with Gasteiger partial charge in [-0.05, 0) is 33.1 Å². The zero-order valence-corrected chi connectivity index (χ0v) is 7.92. The molecule has 70 valence electrons. The minimum Gasteiger partial charge on any atom is -0.496 e. The van der Waals surface area contributed by atoms with Gasteiger partial charge in [0.1, 0.15) is 5.76 Å². The van der Waals surface area contributed by atoms with Gasteiger partial charge >= 0.3 is 0 Å². The molecule has 1 atom stereocenters. The van der Waals surface area contributed by atoms with E-state index >= 15 is 0 Å². The van der Waals surface area contributed by atoms with Crippen molar-refractivity contribution in [3.05, 3.63) is 11.8 Å². The Morgan fingerprint density at radius 2 is 2.42 bits per heavy atom.